The van der Waals surface area contributed by atoms with Gasteiger partial charge in [0.25, 0.3) is 0 Å². The molecule has 228 valence electrons. The van der Waals surface area contributed by atoms with Gasteiger partial charge in [0, 0.05) is 53.0 Å². The largest absolute Gasteiger partial charge is 0.456 e. The lowest BCUT2D eigenvalue weighted by molar-refractivity contribution is 0.669. The molecular formula is C43H24N4OS. The molecule has 0 saturated heterocycles. The van der Waals surface area contributed by atoms with Crippen LogP contribution < -0.4 is 4.90 Å². The maximum atomic E-state index is 6.32. The summed E-state index contributed by atoms with van der Waals surface area (Å²) in [5.74, 6) is 1.79. The molecule has 1 aliphatic rings. The number of anilines is 3. The van der Waals surface area contributed by atoms with Crippen LogP contribution in [0.2, 0.25) is 0 Å². The van der Waals surface area contributed by atoms with Crippen molar-refractivity contribution in [2.24, 2.45) is 0 Å². The van der Waals surface area contributed by atoms with Gasteiger partial charge in [0.05, 0.1) is 11.4 Å². The fourth-order valence-corrected chi connectivity index (χ4v) is 8.73. The number of benzene rings is 7. The van der Waals surface area contributed by atoms with Crippen LogP contribution in [0.1, 0.15) is 0 Å². The summed E-state index contributed by atoms with van der Waals surface area (Å²) < 4.78 is 8.75. The van der Waals surface area contributed by atoms with Crippen molar-refractivity contribution >= 4 is 81.5 Å². The molecule has 11 rings (SSSR count). The first-order chi connectivity index (χ1) is 24.3. The molecule has 3 aromatic heterocycles. The normalized spacial score (nSPS) is 12.4. The molecule has 5 nitrogen and oxygen atoms in total. The Hall–Kier alpha value is -6.37. The van der Waals surface area contributed by atoms with E-state index in [2.05, 4.69) is 120 Å². The fourth-order valence-electron chi connectivity index (χ4n) is 7.60. The van der Waals surface area contributed by atoms with Gasteiger partial charge in [0.1, 0.15) is 11.2 Å². The predicted molar refractivity (Wildman–Crippen MR) is 202 cm³/mol. The van der Waals surface area contributed by atoms with Gasteiger partial charge in [-0.25, -0.2) is 4.98 Å². The Morgan fingerprint density at radius 2 is 1.04 bits per heavy atom. The molecular weight excluding hydrogens is 621 g/mol. The smallest absolute Gasteiger partial charge is 0.238 e. The van der Waals surface area contributed by atoms with Gasteiger partial charge in [-0.1, -0.05) is 109 Å². The quantitative estimate of drug-likeness (QED) is 0.192. The molecule has 1 aliphatic heterocycles. The van der Waals surface area contributed by atoms with Crippen LogP contribution in [0.25, 0.3) is 86.8 Å². The van der Waals surface area contributed by atoms with Crippen molar-refractivity contribution < 1.29 is 4.42 Å². The zero-order chi connectivity index (χ0) is 32.1. The molecule has 7 aromatic carbocycles. The van der Waals surface area contributed by atoms with E-state index in [0.29, 0.717) is 17.6 Å². The standard InChI is InChI=1S/C43H24N4OS/c1-4-19-32-26(13-1)27-16-7-11-25-12-8-20-33(38(25)27)47(32)43-45-41(30-17-9-22-35-39(30)28-14-2-5-21-34(28)48-35)44-42(46-43)31-18-10-24-37-40(31)29-15-3-6-23-36(29)49-37/h1-24H. The first-order valence-corrected chi connectivity index (χ1v) is 17.1. The molecule has 49 heavy (non-hydrogen) atoms. The molecule has 0 saturated carbocycles. The van der Waals surface area contributed by atoms with Gasteiger partial charge in [0.15, 0.2) is 11.6 Å². The highest BCUT2D eigenvalue weighted by Gasteiger charge is 2.29. The first kappa shape index (κ1) is 26.7. The van der Waals surface area contributed by atoms with Gasteiger partial charge in [-0.3, -0.25) is 4.90 Å². The highest BCUT2D eigenvalue weighted by Crippen LogP contribution is 2.50. The van der Waals surface area contributed by atoms with Gasteiger partial charge in [-0.2, -0.15) is 9.97 Å². The summed E-state index contributed by atoms with van der Waals surface area (Å²) in [7, 11) is 0. The molecule has 4 heterocycles. The van der Waals surface area contributed by atoms with E-state index in [-0.39, 0.29) is 0 Å². The number of furan rings is 1. The summed E-state index contributed by atoms with van der Waals surface area (Å²) >= 11 is 1.79. The molecule has 0 atom stereocenters. The SMILES string of the molecule is c1ccc2c(c1)-c1cccc3cccc(c13)N2c1nc(-c2cccc3oc4ccccc4c23)nc(-c2cccc3sc4ccccc4c23)n1. The average Bonchev–Trinajstić information content (AvgIpc) is 3.74. The Balaban J connectivity index is 1.26. The van der Waals surface area contributed by atoms with Crippen molar-refractivity contribution in [2.75, 3.05) is 4.90 Å². The minimum atomic E-state index is 0.566. The van der Waals surface area contributed by atoms with E-state index in [1.165, 1.54) is 31.1 Å². The predicted octanol–water partition coefficient (Wildman–Crippen LogP) is 12.1. The van der Waals surface area contributed by atoms with E-state index in [4.69, 9.17) is 19.4 Å². The highest BCUT2D eigenvalue weighted by atomic mass is 32.1. The number of para-hydroxylation sites is 2. The molecule has 6 heteroatoms. The van der Waals surface area contributed by atoms with Crippen molar-refractivity contribution in [3.05, 3.63) is 146 Å². The van der Waals surface area contributed by atoms with Gasteiger partial charge in [-0.15, -0.1) is 11.3 Å². The zero-order valence-electron chi connectivity index (χ0n) is 26.0. The molecule has 0 radical (unpaired) electrons. The van der Waals surface area contributed by atoms with E-state index in [1.807, 2.05) is 30.3 Å². The molecule has 0 fully saturated rings. The van der Waals surface area contributed by atoms with Crippen LogP contribution in [0.15, 0.2) is 150 Å². The van der Waals surface area contributed by atoms with Crippen LogP contribution in [-0.2, 0) is 0 Å². The van der Waals surface area contributed by atoms with Crippen molar-refractivity contribution in [3.63, 3.8) is 0 Å². The van der Waals surface area contributed by atoms with Crippen LogP contribution >= 0.6 is 11.3 Å². The molecule has 0 aliphatic carbocycles. The Labute approximate surface area is 284 Å². The Kier molecular flexibility index (Phi) is 5.48. The topological polar surface area (TPSA) is 55.1 Å². The van der Waals surface area contributed by atoms with Crippen LogP contribution in [0, 0.1) is 0 Å². The van der Waals surface area contributed by atoms with E-state index < -0.39 is 0 Å². The van der Waals surface area contributed by atoms with Gasteiger partial charge < -0.3 is 4.42 Å². The summed E-state index contributed by atoms with van der Waals surface area (Å²) in [5, 5.41) is 6.74. The summed E-state index contributed by atoms with van der Waals surface area (Å²) in [6, 6.07) is 50.8. The van der Waals surface area contributed by atoms with Crippen molar-refractivity contribution in [1.82, 2.24) is 15.0 Å². The van der Waals surface area contributed by atoms with Crippen LogP contribution in [0.3, 0.4) is 0 Å². The van der Waals surface area contributed by atoms with Gasteiger partial charge >= 0.3 is 0 Å². The minimum absolute atomic E-state index is 0.566. The molecule has 0 amide bonds. The third-order valence-corrected chi connectivity index (χ3v) is 10.8. The Morgan fingerprint density at radius 3 is 1.94 bits per heavy atom. The maximum absolute atomic E-state index is 6.32. The van der Waals surface area contributed by atoms with Gasteiger partial charge in [-0.05, 0) is 47.3 Å². The number of aromatic nitrogens is 3. The fraction of sp³-hybridized carbons (Fsp3) is 0. The molecule has 0 unspecified atom stereocenters. The van der Waals surface area contributed by atoms with E-state index in [9.17, 15) is 0 Å². The summed E-state index contributed by atoms with van der Waals surface area (Å²) in [4.78, 5) is 18.2. The lowest BCUT2D eigenvalue weighted by atomic mass is 9.91. The summed E-state index contributed by atoms with van der Waals surface area (Å²) in [6.45, 7) is 0. The van der Waals surface area contributed by atoms with Crippen molar-refractivity contribution in [2.45, 2.75) is 0 Å². The summed E-state index contributed by atoms with van der Waals surface area (Å²) in [6.07, 6.45) is 0. The van der Waals surface area contributed by atoms with Crippen LogP contribution in [-0.4, -0.2) is 15.0 Å². The number of rotatable bonds is 3. The third kappa shape index (κ3) is 3.83. The molecule has 10 aromatic rings. The van der Waals surface area contributed by atoms with Crippen molar-refractivity contribution in [1.29, 1.82) is 0 Å². The first-order valence-electron chi connectivity index (χ1n) is 16.3. The average molecular weight is 645 g/mol. The number of nitrogens with zero attached hydrogens (tertiary/aromatic N) is 4. The van der Waals surface area contributed by atoms with Gasteiger partial charge in [0.2, 0.25) is 5.95 Å². The maximum Gasteiger partial charge on any atom is 0.238 e. The van der Waals surface area contributed by atoms with Crippen molar-refractivity contribution in [3.8, 4) is 33.9 Å². The highest BCUT2D eigenvalue weighted by molar-refractivity contribution is 7.25. The molecule has 0 N–H and O–H groups in total. The lowest BCUT2D eigenvalue weighted by Gasteiger charge is -2.32. The number of hydrogen-bond donors (Lipinski definition) is 0. The van der Waals surface area contributed by atoms with E-state index >= 15 is 0 Å². The molecule has 0 spiro atoms. The zero-order valence-corrected chi connectivity index (χ0v) is 26.8. The molecule has 0 bridgehead atoms. The lowest BCUT2D eigenvalue weighted by Crippen LogP contribution is -2.18. The monoisotopic (exact) mass is 644 g/mol. The second-order valence-corrected chi connectivity index (χ2v) is 13.5. The van der Waals surface area contributed by atoms with Crippen LogP contribution in [0.4, 0.5) is 17.3 Å². The number of fused-ring (bicyclic) bond motifs is 8. The van der Waals surface area contributed by atoms with Crippen LogP contribution in [0.5, 0.6) is 0 Å². The Morgan fingerprint density at radius 1 is 0.429 bits per heavy atom. The minimum Gasteiger partial charge on any atom is -0.456 e. The van der Waals surface area contributed by atoms with E-state index in [0.717, 1.165) is 55.4 Å². The second kappa shape index (κ2) is 10.1. The second-order valence-electron chi connectivity index (χ2n) is 12.4. The number of hydrogen-bond acceptors (Lipinski definition) is 6. The number of thiophene rings is 1. The summed E-state index contributed by atoms with van der Waals surface area (Å²) in [5.41, 5.74) is 7.94. The third-order valence-electron chi connectivity index (χ3n) is 9.67. The van der Waals surface area contributed by atoms with E-state index in [1.54, 1.807) is 11.3 Å². The Bertz CT molecular complexity index is 2840.